The number of aliphatic hydroxyl groups is 1. The number of rotatable bonds is 5. The first-order valence-electron chi connectivity index (χ1n) is 3.48. The van der Waals surface area contributed by atoms with Gasteiger partial charge in [0, 0.05) is 13.1 Å². The number of aldehydes is 1. The molecule has 0 saturated carbocycles. The minimum Gasteiger partial charge on any atom is -0.395 e. The molecule has 0 rings (SSSR count). The van der Waals surface area contributed by atoms with E-state index in [9.17, 15) is 9.59 Å². The highest BCUT2D eigenvalue weighted by Gasteiger charge is 2.10. The smallest absolute Gasteiger partial charge is 0.286 e. The van der Waals surface area contributed by atoms with E-state index in [0.29, 0.717) is 0 Å². The Balaban J connectivity index is 3.95. The second kappa shape index (κ2) is 6.31. The molecule has 0 aromatic carbocycles. The van der Waals surface area contributed by atoms with Crippen LogP contribution in [0.4, 0.5) is 0 Å². The molecule has 12 heavy (non-hydrogen) atoms. The zero-order valence-corrected chi connectivity index (χ0v) is 6.56. The van der Waals surface area contributed by atoms with Crippen molar-refractivity contribution in [2.45, 2.75) is 6.42 Å². The number of carbonyl (C=O) groups is 2. The lowest BCUT2D eigenvalue weighted by Gasteiger charge is -2.16. The first-order valence-corrected chi connectivity index (χ1v) is 3.48. The predicted molar refractivity (Wildman–Crippen MR) is 40.0 cm³/mol. The third-order valence-corrected chi connectivity index (χ3v) is 1.28. The van der Waals surface area contributed by atoms with Gasteiger partial charge in [0.15, 0.2) is 0 Å². The Morgan fingerprint density at radius 3 is 2.67 bits per heavy atom. The molecule has 0 aromatic rings. The standard InChI is InChI=1S/C7H10N2O3/c8-2-1-3-9(4-5-10)7(12)6-11/h6,10H,1,3-5H2. The van der Waals surface area contributed by atoms with Crippen molar-refractivity contribution in [1.29, 1.82) is 5.26 Å². The fourth-order valence-electron chi connectivity index (χ4n) is 0.712. The van der Waals surface area contributed by atoms with Crippen molar-refractivity contribution in [2.75, 3.05) is 19.7 Å². The Morgan fingerprint density at radius 2 is 2.25 bits per heavy atom. The lowest BCUT2D eigenvalue weighted by Crippen LogP contribution is -2.34. The first-order chi connectivity index (χ1) is 5.76. The molecule has 5 heteroatoms. The van der Waals surface area contributed by atoms with Crippen LogP contribution in [0.2, 0.25) is 0 Å². The van der Waals surface area contributed by atoms with Crippen LogP contribution in [0.25, 0.3) is 0 Å². The average Bonchev–Trinajstić information content (AvgIpc) is 2.11. The maximum absolute atomic E-state index is 10.7. The molecule has 0 radical (unpaired) electrons. The molecule has 0 heterocycles. The largest absolute Gasteiger partial charge is 0.395 e. The van der Waals surface area contributed by atoms with Gasteiger partial charge in [0.25, 0.3) is 5.91 Å². The van der Waals surface area contributed by atoms with E-state index in [1.807, 2.05) is 6.07 Å². The van der Waals surface area contributed by atoms with E-state index in [0.717, 1.165) is 4.90 Å². The van der Waals surface area contributed by atoms with Crippen LogP contribution in [0.15, 0.2) is 0 Å². The summed E-state index contributed by atoms with van der Waals surface area (Å²) in [5, 5.41) is 16.7. The van der Waals surface area contributed by atoms with Gasteiger partial charge in [0.1, 0.15) is 0 Å². The quantitative estimate of drug-likeness (QED) is 0.420. The molecule has 0 aliphatic rings. The highest BCUT2D eigenvalue weighted by Crippen LogP contribution is 1.89. The lowest BCUT2D eigenvalue weighted by atomic mass is 10.4. The van der Waals surface area contributed by atoms with Crippen LogP contribution in [-0.4, -0.2) is 41.9 Å². The van der Waals surface area contributed by atoms with E-state index < -0.39 is 5.91 Å². The van der Waals surface area contributed by atoms with Gasteiger partial charge in [-0.1, -0.05) is 0 Å². The van der Waals surface area contributed by atoms with Crippen molar-refractivity contribution in [2.24, 2.45) is 0 Å². The van der Waals surface area contributed by atoms with Gasteiger partial charge in [-0.2, -0.15) is 5.26 Å². The Morgan fingerprint density at radius 1 is 1.58 bits per heavy atom. The Hall–Kier alpha value is -1.41. The van der Waals surface area contributed by atoms with Crippen molar-refractivity contribution < 1.29 is 14.7 Å². The van der Waals surface area contributed by atoms with Gasteiger partial charge in [-0.25, -0.2) is 0 Å². The fraction of sp³-hybridized carbons (Fsp3) is 0.571. The topological polar surface area (TPSA) is 81.4 Å². The van der Waals surface area contributed by atoms with Crippen molar-refractivity contribution in [3.8, 4) is 6.07 Å². The second-order valence-electron chi connectivity index (χ2n) is 2.07. The first kappa shape index (κ1) is 10.6. The van der Waals surface area contributed by atoms with Crippen molar-refractivity contribution in [1.82, 2.24) is 4.90 Å². The molecule has 0 aromatic heterocycles. The second-order valence-corrected chi connectivity index (χ2v) is 2.07. The van der Waals surface area contributed by atoms with Crippen molar-refractivity contribution in [3.05, 3.63) is 0 Å². The summed E-state index contributed by atoms with van der Waals surface area (Å²) in [6.07, 6.45) is 0.340. The van der Waals surface area contributed by atoms with Gasteiger partial charge in [-0.3, -0.25) is 9.59 Å². The van der Waals surface area contributed by atoms with Crippen LogP contribution in [0, 0.1) is 11.3 Å². The zero-order valence-electron chi connectivity index (χ0n) is 6.56. The molecule has 0 fully saturated rings. The van der Waals surface area contributed by atoms with Crippen LogP contribution in [0.5, 0.6) is 0 Å². The Labute approximate surface area is 70.2 Å². The summed E-state index contributed by atoms with van der Waals surface area (Å²) in [7, 11) is 0. The van der Waals surface area contributed by atoms with Crippen LogP contribution in [0.1, 0.15) is 6.42 Å². The number of amides is 1. The molecule has 1 N–H and O–H groups in total. The van der Waals surface area contributed by atoms with Crippen LogP contribution in [0.3, 0.4) is 0 Å². The molecule has 1 amide bonds. The summed E-state index contributed by atoms with van der Waals surface area (Å²) in [5.74, 6) is -0.695. The maximum atomic E-state index is 10.7. The van der Waals surface area contributed by atoms with E-state index >= 15 is 0 Å². The SMILES string of the molecule is N#CCCN(CCO)C(=O)C=O. The van der Waals surface area contributed by atoms with Gasteiger partial charge >= 0.3 is 0 Å². The lowest BCUT2D eigenvalue weighted by molar-refractivity contribution is -0.139. The Kier molecular flexibility index (Phi) is 5.57. The number of nitriles is 1. The third-order valence-electron chi connectivity index (χ3n) is 1.28. The molecule has 0 spiro atoms. The highest BCUT2D eigenvalue weighted by atomic mass is 16.3. The molecule has 0 unspecified atom stereocenters. The molecule has 0 aliphatic carbocycles. The van der Waals surface area contributed by atoms with Gasteiger partial charge in [-0.15, -0.1) is 0 Å². The summed E-state index contributed by atoms with van der Waals surface area (Å²) in [5.41, 5.74) is 0. The molecule has 0 bridgehead atoms. The van der Waals surface area contributed by atoms with Gasteiger partial charge in [0.05, 0.1) is 19.1 Å². The van der Waals surface area contributed by atoms with Gasteiger partial charge in [-0.05, 0) is 0 Å². The van der Waals surface area contributed by atoms with Gasteiger partial charge < -0.3 is 10.0 Å². The Bertz CT molecular complexity index is 197. The van der Waals surface area contributed by atoms with E-state index in [4.69, 9.17) is 10.4 Å². The summed E-state index contributed by atoms with van der Waals surface area (Å²) >= 11 is 0. The normalized spacial score (nSPS) is 8.67. The van der Waals surface area contributed by atoms with Crippen molar-refractivity contribution >= 4 is 12.2 Å². The number of hydrogen-bond acceptors (Lipinski definition) is 4. The minimum atomic E-state index is -0.695. The summed E-state index contributed by atoms with van der Waals surface area (Å²) in [6.45, 7) is 0.0822. The van der Waals surface area contributed by atoms with Crippen LogP contribution < -0.4 is 0 Å². The number of nitrogens with zero attached hydrogens (tertiary/aromatic N) is 2. The average molecular weight is 170 g/mol. The zero-order chi connectivity index (χ0) is 9.40. The summed E-state index contributed by atoms with van der Waals surface area (Å²) in [4.78, 5) is 21.9. The highest BCUT2D eigenvalue weighted by molar-refractivity contribution is 6.23. The third kappa shape index (κ3) is 3.68. The summed E-state index contributed by atoms with van der Waals surface area (Å²) < 4.78 is 0. The van der Waals surface area contributed by atoms with E-state index in [1.165, 1.54) is 0 Å². The molecular weight excluding hydrogens is 160 g/mol. The van der Waals surface area contributed by atoms with E-state index in [2.05, 4.69) is 0 Å². The predicted octanol–water partition coefficient (Wildman–Crippen LogP) is -1.08. The number of carbonyl (C=O) groups excluding carboxylic acids is 2. The van der Waals surface area contributed by atoms with Crippen molar-refractivity contribution in [3.63, 3.8) is 0 Å². The maximum Gasteiger partial charge on any atom is 0.286 e. The molecule has 0 saturated heterocycles. The molecular formula is C7H10N2O3. The van der Waals surface area contributed by atoms with Crippen LogP contribution in [-0.2, 0) is 9.59 Å². The molecule has 0 atom stereocenters. The van der Waals surface area contributed by atoms with E-state index in [-0.39, 0.29) is 32.4 Å². The number of aliphatic hydroxyl groups excluding tert-OH is 1. The minimum absolute atomic E-state index is 0.0965. The number of hydrogen-bond donors (Lipinski definition) is 1. The monoisotopic (exact) mass is 170 g/mol. The summed E-state index contributed by atoms with van der Waals surface area (Å²) in [6, 6.07) is 1.84. The van der Waals surface area contributed by atoms with Gasteiger partial charge in [0.2, 0.25) is 6.29 Å². The molecule has 66 valence electrons. The van der Waals surface area contributed by atoms with E-state index in [1.54, 1.807) is 0 Å². The fourth-order valence-corrected chi connectivity index (χ4v) is 0.712. The molecule has 5 nitrogen and oxygen atoms in total. The molecule has 0 aliphatic heterocycles. The van der Waals surface area contributed by atoms with Crippen LogP contribution >= 0.6 is 0 Å².